The Hall–Kier alpha value is -1.06. The Morgan fingerprint density at radius 3 is 2.58 bits per heavy atom. The van der Waals surface area contributed by atoms with Gasteiger partial charge in [0, 0.05) is 24.3 Å². The van der Waals surface area contributed by atoms with Gasteiger partial charge < -0.3 is 15.7 Å². The standard InChI is InChI=1S/C16H28N2O/c1-4-16(17,13-19)10-7-11-18(5-2)15-9-6-8-14(3)12-15/h6,8-9,12,19H,4-5,7,10-11,13,17H2,1-3H3. The van der Waals surface area contributed by atoms with Crippen LogP contribution in [0.3, 0.4) is 0 Å². The van der Waals surface area contributed by atoms with Crippen LogP contribution in [0.5, 0.6) is 0 Å². The van der Waals surface area contributed by atoms with E-state index in [9.17, 15) is 5.11 Å². The fourth-order valence-electron chi connectivity index (χ4n) is 2.28. The number of hydrogen-bond donors (Lipinski definition) is 2. The van der Waals surface area contributed by atoms with E-state index in [1.807, 2.05) is 6.92 Å². The highest BCUT2D eigenvalue weighted by atomic mass is 16.3. The number of aliphatic hydroxyl groups is 1. The van der Waals surface area contributed by atoms with Crippen LogP contribution in [0.4, 0.5) is 5.69 Å². The number of aliphatic hydroxyl groups excluding tert-OH is 1. The van der Waals surface area contributed by atoms with Gasteiger partial charge in [0.15, 0.2) is 0 Å². The maximum atomic E-state index is 9.32. The zero-order chi connectivity index (χ0) is 14.3. The molecule has 0 radical (unpaired) electrons. The van der Waals surface area contributed by atoms with Crippen molar-refractivity contribution in [2.24, 2.45) is 5.73 Å². The third-order valence-electron chi connectivity index (χ3n) is 3.87. The molecular weight excluding hydrogens is 236 g/mol. The first-order chi connectivity index (χ1) is 9.04. The molecular formula is C16H28N2O. The van der Waals surface area contributed by atoms with Crippen LogP contribution in [0.2, 0.25) is 0 Å². The van der Waals surface area contributed by atoms with E-state index in [0.29, 0.717) is 0 Å². The molecule has 3 heteroatoms. The molecule has 0 amide bonds. The van der Waals surface area contributed by atoms with E-state index in [-0.39, 0.29) is 6.61 Å². The second-order valence-electron chi connectivity index (χ2n) is 5.40. The van der Waals surface area contributed by atoms with Crippen LogP contribution in [0.25, 0.3) is 0 Å². The van der Waals surface area contributed by atoms with Crippen LogP contribution in [0.1, 0.15) is 38.7 Å². The summed E-state index contributed by atoms with van der Waals surface area (Å²) >= 11 is 0. The van der Waals surface area contributed by atoms with Crippen LogP contribution in [0.15, 0.2) is 24.3 Å². The Morgan fingerprint density at radius 2 is 2.05 bits per heavy atom. The molecule has 0 aliphatic rings. The van der Waals surface area contributed by atoms with E-state index in [1.54, 1.807) is 0 Å². The molecule has 0 aliphatic carbocycles. The van der Waals surface area contributed by atoms with Gasteiger partial charge in [-0.2, -0.15) is 0 Å². The highest BCUT2D eigenvalue weighted by molar-refractivity contribution is 5.48. The van der Waals surface area contributed by atoms with E-state index in [4.69, 9.17) is 5.73 Å². The third kappa shape index (κ3) is 4.84. The molecule has 0 bridgehead atoms. The summed E-state index contributed by atoms with van der Waals surface area (Å²) in [4.78, 5) is 2.36. The quantitative estimate of drug-likeness (QED) is 0.759. The average molecular weight is 264 g/mol. The molecule has 0 saturated carbocycles. The molecule has 1 rings (SSSR count). The summed E-state index contributed by atoms with van der Waals surface area (Å²) in [6.45, 7) is 8.37. The lowest BCUT2D eigenvalue weighted by molar-refractivity contribution is 0.181. The molecule has 0 aromatic heterocycles. The first kappa shape index (κ1) is 16.0. The summed E-state index contributed by atoms with van der Waals surface area (Å²) in [5.74, 6) is 0. The van der Waals surface area contributed by atoms with Gasteiger partial charge in [-0.1, -0.05) is 19.1 Å². The van der Waals surface area contributed by atoms with Crippen molar-refractivity contribution in [3.63, 3.8) is 0 Å². The van der Waals surface area contributed by atoms with Crippen LogP contribution in [-0.2, 0) is 0 Å². The Morgan fingerprint density at radius 1 is 1.32 bits per heavy atom. The van der Waals surface area contributed by atoms with Crippen LogP contribution >= 0.6 is 0 Å². The van der Waals surface area contributed by atoms with Gasteiger partial charge in [-0.3, -0.25) is 0 Å². The zero-order valence-electron chi connectivity index (χ0n) is 12.5. The van der Waals surface area contributed by atoms with Crippen molar-refractivity contribution in [1.29, 1.82) is 0 Å². The van der Waals surface area contributed by atoms with Gasteiger partial charge in [-0.05, 0) is 50.8 Å². The van der Waals surface area contributed by atoms with Gasteiger partial charge in [0.05, 0.1) is 6.61 Å². The smallest absolute Gasteiger partial charge is 0.0611 e. The second-order valence-corrected chi connectivity index (χ2v) is 5.40. The monoisotopic (exact) mass is 264 g/mol. The number of hydrogen-bond acceptors (Lipinski definition) is 3. The van der Waals surface area contributed by atoms with Crippen molar-refractivity contribution in [1.82, 2.24) is 0 Å². The first-order valence-corrected chi connectivity index (χ1v) is 7.26. The number of nitrogens with zero attached hydrogens (tertiary/aromatic N) is 1. The molecule has 108 valence electrons. The number of aryl methyl sites for hydroxylation is 1. The maximum absolute atomic E-state index is 9.32. The molecule has 0 spiro atoms. The highest BCUT2D eigenvalue weighted by Gasteiger charge is 2.21. The van der Waals surface area contributed by atoms with Gasteiger partial charge in [0.25, 0.3) is 0 Å². The molecule has 0 heterocycles. The molecule has 3 nitrogen and oxygen atoms in total. The first-order valence-electron chi connectivity index (χ1n) is 7.26. The van der Waals surface area contributed by atoms with Crippen molar-refractivity contribution in [2.45, 2.75) is 45.6 Å². The molecule has 1 aromatic carbocycles. The Bertz CT molecular complexity index is 375. The normalized spacial score (nSPS) is 14.2. The van der Waals surface area contributed by atoms with E-state index < -0.39 is 5.54 Å². The second kappa shape index (κ2) is 7.51. The minimum atomic E-state index is -0.411. The molecule has 1 aromatic rings. The van der Waals surface area contributed by atoms with Crippen molar-refractivity contribution in [2.75, 3.05) is 24.6 Å². The summed E-state index contributed by atoms with van der Waals surface area (Å²) in [5.41, 5.74) is 8.26. The van der Waals surface area contributed by atoms with Gasteiger partial charge in [0.1, 0.15) is 0 Å². The lowest BCUT2D eigenvalue weighted by atomic mass is 9.92. The molecule has 3 N–H and O–H groups in total. The lowest BCUT2D eigenvalue weighted by Crippen LogP contribution is -2.43. The fraction of sp³-hybridized carbons (Fsp3) is 0.625. The molecule has 1 unspecified atom stereocenters. The van der Waals surface area contributed by atoms with Crippen LogP contribution in [-0.4, -0.2) is 30.3 Å². The molecule has 0 aliphatic heterocycles. The maximum Gasteiger partial charge on any atom is 0.0611 e. The Balaban J connectivity index is 2.54. The Labute approximate surface area is 117 Å². The summed E-state index contributed by atoms with van der Waals surface area (Å²) in [5, 5.41) is 9.32. The number of anilines is 1. The van der Waals surface area contributed by atoms with Crippen LogP contribution in [0, 0.1) is 6.92 Å². The molecule has 0 saturated heterocycles. The molecule has 19 heavy (non-hydrogen) atoms. The topological polar surface area (TPSA) is 49.5 Å². The average Bonchev–Trinajstić information content (AvgIpc) is 2.43. The van der Waals surface area contributed by atoms with Gasteiger partial charge in [-0.25, -0.2) is 0 Å². The van der Waals surface area contributed by atoms with Gasteiger partial charge in [-0.15, -0.1) is 0 Å². The van der Waals surface area contributed by atoms with Gasteiger partial charge in [0.2, 0.25) is 0 Å². The number of nitrogens with two attached hydrogens (primary N) is 1. The predicted molar refractivity (Wildman–Crippen MR) is 82.6 cm³/mol. The molecule has 1 atom stereocenters. The van der Waals surface area contributed by atoms with Crippen molar-refractivity contribution < 1.29 is 5.11 Å². The number of rotatable bonds is 8. The van der Waals surface area contributed by atoms with E-state index in [0.717, 1.165) is 32.4 Å². The minimum absolute atomic E-state index is 0.0695. The fourth-order valence-corrected chi connectivity index (χ4v) is 2.28. The summed E-state index contributed by atoms with van der Waals surface area (Å²) in [6, 6.07) is 8.58. The number of benzene rings is 1. The summed E-state index contributed by atoms with van der Waals surface area (Å²) < 4.78 is 0. The van der Waals surface area contributed by atoms with Crippen molar-refractivity contribution in [3.8, 4) is 0 Å². The minimum Gasteiger partial charge on any atom is -0.394 e. The van der Waals surface area contributed by atoms with Crippen molar-refractivity contribution >= 4 is 5.69 Å². The summed E-state index contributed by atoms with van der Waals surface area (Å²) in [6.07, 6.45) is 2.69. The van der Waals surface area contributed by atoms with Crippen molar-refractivity contribution in [3.05, 3.63) is 29.8 Å². The van der Waals surface area contributed by atoms with E-state index >= 15 is 0 Å². The largest absolute Gasteiger partial charge is 0.394 e. The summed E-state index contributed by atoms with van der Waals surface area (Å²) in [7, 11) is 0. The zero-order valence-corrected chi connectivity index (χ0v) is 12.5. The van der Waals surface area contributed by atoms with Crippen LogP contribution < -0.4 is 10.6 Å². The third-order valence-corrected chi connectivity index (χ3v) is 3.87. The molecule has 0 fully saturated rings. The lowest BCUT2D eigenvalue weighted by Gasteiger charge is -2.28. The van der Waals surface area contributed by atoms with E-state index in [1.165, 1.54) is 11.3 Å². The SMILES string of the molecule is CCN(CCCC(N)(CC)CO)c1cccc(C)c1. The predicted octanol–water partition coefficient (Wildman–Crippen LogP) is 2.70. The Kier molecular flexibility index (Phi) is 6.32. The van der Waals surface area contributed by atoms with Gasteiger partial charge >= 0.3 is 0 Å². The van der Waals surface area contributed by atoms with E-state index in [2.05, 4.69) is 43.0 Å². The highest BCUT2D eigenvalue weighted by Crippen LogP contribution is 2.18.